The first-order chi connectivity index (χ1) is 8.66. The van der Waals surface area contributed by atoms with Gasteiger partial charge in [0.2, 0.25) is 0 Å². The Bertz CT molecular complexity index is 374. The van der Waals surface area contributed by atoms with E-state index >= 15 is 0 Å². The molecule has 0 radical (unpaired) electrons. The van der Waals surface area contributed by atoms with Crippen molar-refractivity contribution in [3.8, 4) is 0 Å². The SMILES string of the molecule is CCCCCCOC(C)c1ccccc1C(=O)O. The van der Waals surface area contributed by atoms with Gasteiger partial charge in [0.1, 0.15) is 0 Å². The van der Waals surface area contributed by atoms with Crippen LogP contribution in [0.4, 0.5) is 0 Å². The monoisotopic (exact) mass is 250 g/mol. The molecule has 1 rings (SSSR count). The first-order valence-electron chi connectivity index (χ1n) is 6.60. The van der Waals surface area contributed by atoms with Gasteiger partial charge in [-0.05, 0) is 25.0 Å². The molecular formula is C15H22O3. The van der Waals surface area contributed by atoms with Crippen molar-refractivity contribution in [3.05, 3.63) is 35.4 Å². The summed E-state index contributed by atoms with van der Waals surface area (Å²) >= 11 is 0. The largest absolute Gasteiger partial charge is 0.478 e. The highest BCUT2D eigenvalue weighted by atomic mass is 16.5. The van der Waals surface area contributed by atoms with Crippen LogP contribution in [0.3, 0.4) is 0 Å². The Labute approximate surface area is 109 Å². The third-order valence-electron chi connectivity index (χ3n) is 2.99. The zero-order chi connectivity index (χ0) is 13.4. The smallest absolute Gasteiger partial charge is 0.336 e. The summed E-state index contributed by atoms with van der Waals surface area (Å²) in [6.07, 6.45) is 4.47. The number of benzene rings is 1. The molecule has 0 saturated heterocycles. The third-order valence-corrected chi connectivity index (χ3v) is 2.99. The molecule has 1 aromatic rings. The summed E-state index contributed by atoms with van der Waals surface area (Å²) in [6.45, 7) is 4.77. The number of carbonyl (C=O) groups is 1. The topological polar surface area (TPSA) is 46.5 Å². The van der Waals surface area contributed by atoms with Crippen LogP contribution in [0, 0.1) is 0 Å². The van der Waals surface area contributed by atoms with Crippen LogP contribution >= 0.6 is 0 Å². The summed E-state index contributed by atoms with van der Waals surface area (Å²) in [6, 6.07) is 7.02. The molecule has 1 unspecified atom stereocenters. The van der Waals surface area contributed by atoms with Crippen LogP contribution in [-0.4, -0.2) is 17.7 Å². The second kappa shape index (κ2) is 7.88. The highest BCUT2D eigenvalue weighted by Crippen LogP contribution is 2.21. The van der Waals surface area contributed by atoms with Crippen molar-refractivity contribution in [3.63, 3.8) is 0 Å². The van der Waals surface area contributed by atoms with E-state index in [-0.39, 0.29) is 6.10 Å². The summed E-state index contributed by atoms with van der Waals surface area (Å²) in [7, 11) is 0. The molecule has 18 heavy (non-hydrogen) atoms. The van der Waals surface area contributed by atoms with Gasteiger partial charge in [0.25, 0.3) is 0 Å². The molecule has 1 atom stereocenters. The van der Waals surface area contributed by atoms with Crippen molar-refractivity contribution in [1.29, 1.82) is 0 Å². The molecule has 1 aromatic carbocycles. The van der Waals surface area contributed by atoms with Gasteiger partial charge in [0, 0.05) is 6.61 Å². The summed E-state index contributed by atoms with van der Waals surface area (Å²) < 4.78 is 5.70. The average molecular weight is 250 g/mol. The maximum absolute atomic E-state index is 11.1. The van der Waals surface area contributed by atoms with Gasteiger partial charge in [0.05, 0.1) is 11.7 Å². The van der Waals surface area contributed by atoms with E-state index < -0.39 is 5.97 Å². The summed E-state index contributed by atoms with van der Waals surface area (Å²) in [5.74, 6) is -0.896. The van der Waals surface area contributed by atoms with Crippen molar-refractivity contribution < 1.29 is 14.6 Å². The van der Waals surface area contributed by atoms with E-state index in [2.05, 4.69) is 6.92 Å². The molecule has 100 valence electrons. The van der Waals surface area contributed by atoms with Gasteiger partial charge in [-0.25, -0.2) is 4.79 Å². The Morgan fingerprint density at radius 3 is 2.67 bits per heavy atom. The van der Waals surface area contributed by atoms with Crippen molar-refractivity contribution in [2.45, 2.75) is 45.6 Å². The second-order valence-corrected chi connectivity index (χ2v) is 4.47. The van der Waals surface area contributed by atoms with E-state index in [0.717, 1.165) is 12.0 Å². The molecule has 0 aromatic heterocycles. The van der Waals surface area contributed by atoms with Gasteiger partial charge in [-0.2, -0.15) is 0 Å². The second-order valence-electron chi connectivity index (χ2n) is 4.47. The van der Waals surface area contributed by atoms with E-state index in [4.69, 9.17) is 9.84 Å². The Morgan fingerprint density at radius 2 is 2.00 bits per heavy atom. The zero-order valence-corrected chi connectivity index (χ0v) is 11.2. The molecule has 0 heterocycles. The maximum atomic E-state index is 11.1. The number of hydrogen-bond acceptors (Lipinski definition) is 2. The summed E-state index contributed by atoms with van der Waals surface area (Å²) in [5.41, 5.74) is 1.08. The molecule has 0 amide bonds. The number of hydrogen-bond donors (Lipinski definition) is 1. The van der Waals surface area contributed by atoms with E-state index in [9.17, 15) is 4.79 Å². The molecule has 0 aliphatic carbocycles. The van der Waals surface area contributed by atoms with Gasteiger partial charge >= 0.3 is 5.97 Å². The lowest BCUT2D eigenvalue weighted by molar-refractivity contribution is 0.0578. The van der Waals surface area contributed by atoms with Gasteiger partial charge in [-0.15, -0.1) is 0 Å². The Morgan fingerprint density at radius 1 is 1.28 bits per heavy atom. The molecule has 0 spiro atoms. The summed E-state index contributed by atoms with van der Waals surface area (Å²) in [4.78, 5) is 11.1. The summed E-state index contributed by atoms with van der Waals surface area (Å²) in [5, 5.41) is 9.10. The van der Waals surface area contributed by atoms with Crippen molar-refractivity contribution in [2.75, 3.05) is 6.61 Å². The number of carboxylic acid groups (broad SMARTS) is 1. The van der Waals surface area contributed by atoms with E-state index in [0.29, 0.717) is 12.2 Å². The highest BCUT2D eigenvalue weighted by molar-refractivity contribution is 5.89. The van der Waals surface area contributed by atoms with Crippen molar-refractivity contribution >= 4 is 5.97 Å². The Hall–Kier alpha value is -1.35. The van der Waals surface area contributed by atoms with Crippen molar-refractivity contribution in [2.24, 2.45) is 0 Å². The van der Waals surface area contributed by atoms with Crippen LogP contribution in [0.2, 0.25) is 0 Å². The minimum atomic E-state index is -0.896. The van der Waals surface area contributed by atoms with Crippen LogP contribution in [0.15, 0.2) is 24.3 Å². The standard InChI is InChI=1S/C15H22O3/c1-3-4-5-8-11-18-12(2)13-9-6-7-10-14(13)15(16)17/h6-7,9-10,12H,3-5,8,11H2,1-2H3,(H,16,17). The number of rotatable bonds is 8. The highest BCUT2D eigenvalue weighted by Gasteiger charge is 2.14. The maximum Gasteiger partial charge on any atom is 0.336 e. The van der Waals surface area contributed by atoms with Crippen LogP contribution in [0.1, 0.15) is 61.6 Å². The lowest BCUT2D eigenvalue weighted by atomic mass is 10.0. The van der Waals surface area contributed by atoms with Crippen molar-refractivity contribution in [1.82, 2.24) is 0 Å². The number of unbranched alkanes of at least 4 members (excludes halogenated alkanes) is 3. The molecule has 0 bridgehead atoms. The fourth-order valence-corrected chi connectivity index (χ4v) is 1.92. The Balaban J connectivity index is 2.51. The molecule has 0 saturated carbocycles. The third kappa shape index (κ3) is 4.49. The predicted molar refractivity (Wildman–Crippen MR) is 71.9 cm³/mol. The van der Waals surface area contributed by atoms with Gasteiger partial charge in [-0.3, -0.25) is 0 Å². The van der Waals surface area contributed by atoms with Gasteiger partial charge < -0.3 is 9.84 Å². The molecule has 1 N–H and O–H groups in total. The lowest BCUT2D eigenvalue weighted by Crippen LogP contribution is -2.08. The average Bonchev–Trinajstić information content (AvgIpc) is 2.38. The molecule has 0 fully saturated rings. The minimum absolute atomic E-state index is 0.168. The van der Waals surface area contributed by atoms with Crippen LogP contribution in [0.5, 0.6) is 0 Å². The molecule has 3 heteroatoms. The Kier molecular flexibility index (Phi) is 6.44. The normalized spacial score (nSPS) is 12.3. The molecule has 0 aliphatic rings. The van der Waals surface area contributed by atoms with E-state index in [1.807, 2.05) is 19.1 Å². The lowest BCUT2D eigenvalue weighted by Gasteiger charge is -2.15. The van der Waals surface area contributed by atoms with E-state index in [1.54, 1.807) is 12.1 Å². The first kappa shape index (κ1) is 14.7. The van der Waals surface area contributed by atoms with Gasteiger partial charge in [-0.1, -0.05) is 44.4 Å². The van der Waals surface area contributed by atoms with Gasteiger partial charge in [0.15, 0.2) is 0 Å². The fraction of sp³-hybridized carbons (Fsp3) is 0.533. The first-order valence-corrected chi connectivity index (χ1v) is 6.60. The fourth-order valence-electron chi connectivity index (χ4n) is 1.92. The number of ether oxygens (including phenoxy) is 1. The minimum Gasteiger partial charge on any atom is -0.478 e. The van der Waals surface area contributed by atoms with E-state index in [1.165, 1.54) is 19.3 Å². The van der Waals surface area contributed by atoms with Crippen LogP contribution in [-0.2, 0) is 4.74 Å². The number of aromatic carboxylic acids is 1. The van der Waals surface area contributed by atoms with Crippen LogP contribution in [0.25, 0.3) is 0 Å². The zero-order valence-electron chi connectivity index (χ0n) is 11.2. The predicted octanol–water partition coefficient (Wildman–Crippen LogP) is 4.04. The molecule has 3 nitrogen and oxygen atoms in total. The van der Waals surface area contributed by atoms with Crippen LogP contribution < -0.4 is 0 Å². The molecule has 0 aliphatic heterocycles. The number of carboxylic acids is 1. The quantitative estimate of drug-likeness (QED) is 0.708. The molecular weight excluding hydrogens is 228 g/mol.